The number of hydrogen-bond donors (Lipinski definition) is 1. The molecule has 0 saturated carbocycles. The van der Waals surface area contributed by atoms with Crippen molar-refractivity contribution in [3.05, 3.63) is 233 Å². The quantitative estimate of drug-likeness (QED) is 0.145. The maximum absolute atomic E-state index is 7.33. The Bertz CT molecular complexity index is 2710. The van der Waals surface area contributed by atoms with Crippen molar-refractivity contribution in [3.8, 4) is 16.9 Å². The van der Waals surface area contributed by atoms with Gasteiger partial charge in [0, 0.05) is 22.3 Å². The molecular weight excluding hydrogens is 681 g/mol. The number of rotatable bonds is 4. The molecule has 2 unspecified atom stereocenters. The van der Waals surface area contributed by atoms with E-state index in [-0.39, 0.29) is 6.04 Å². The van der Waals surface area contributed by atoms with Crippen molar-refractivity contribution in [1.82, 2.24) is 0 Å². The molecular formula is C53H44N2O. The Labute approximate surface area is 329 Å². The van der Waals surface area contributed by atoms with Crippen LogP contribution in [-0.4, -0.2) is 5.84 Å². The second-order valence-corrected chi connectivity index (χ2v) is 14.8. The Hall–Kier alpha value is -6.71. The van der Waals surface area contributed by atoms with Gasteiger partial charge in [-0.15, -0.1) is 0 Å². The van der Waals surface area contributed by atoms with E-state index in [1.165, 1.54) is 38.6 Å². The molecule has 0 saturated heterocycles. The van der Waals surface area contributed by atoms with Crippen LogP contribution in [0.3, 0.4) is 0 Å². The van der Waals surface area contributed by atoms with Gasteiger partial charge in [-0.05, 0) is 93.6 Å². The fraction of sp³-hybridized carbons (Fsp3) is 0.113. The fourth-order valence-electron chi connectivity index (χ4n) is 8.76. The molecule has 0 fully saturated rings. The summed E-state index contributed by atoms with van der Waals surface area (Å²) in [7, 11) is 0. The summed E-state index contributed by atoms with van der Waals surface area (Å²) in [4.78, 5) is 4.80. The minimum atomic E-state index is -0.748. The van der Waals surface area contributed by atoms with Crippen LogP contribution < -0.4 is 10.5 Å². The van der Waals surface area contributed by atoms with E-state index in [0.717, 1.165) is 63.1 Å². The molecule has 1 aliphatic heterocycles. The summed E-state index contributed by atoms with van der Waals surface area (Å²) in [6.07, 6.45) is 6.50. The molecule has 7 aromatic rings. The highest BCUT2D eigenvalue weighted by atomic mass is 16.5. The van der Waals surface area contributed by atoms with Gasteiger partial charge in [0.25, 0.3) is 0 Å². The van der Waals surface area contributed by atoms with E-state index < -0.39 is 5.60 Å². The average Bonchev–Trinajstić information content (AvgIpc) is 3.47. The normalized spacial score (nSPS) is 17.2. The van der Waals surface area contributed by atoms with Gasteiger partial charge >= 0.3 is 0 Å². The lowest BCUT2D eigenvalue weighted by Crippen LogP contribution is -2.35. The lowest BCUT2D eigenvalue weighted by molar-refractivity contribution is 0.151. The molecule has 1 heterocycles. The first-order chi connectivity index (χ1) is 27.4. The first-order valence-corrected chi connectivity index (χ1v) is 19.5. The first-order valence-electron chi connectivity index (χ1n) is 19.5. The monoisotopic (exact) mass is 724 g/mol. The summed E-state index contributed by atoms with van der Waals surface area (Å²) in [5, 5.41) is 2.68. The van der Waals surface area contributed by atoms with Crippen LogP contribution in [0.25, 0.3) is 33.0 Å². The number of ether oxygens (including phenoxy) is 1. The first kappa shape index (κ1) is 35.0. The van der Waals surface area contributed by atoms with Gasteiger partial charge in [-0.1, -0.05) is 176 Å². The summed E-state index contributed by atoms with van der Waals surface area (Å²) in [5.74, 6) is 1.39. The van der Waals surface area contributed by atoms with Crippen LogP contribution in [0, 0.1) is 6.92 Å². The van der Waals surface area contributed by atoms with Crippen LogP contribution in [0.2, 0.25) is 0 Å². The van der Waals surface area contributed by atoms with Gasteiger partial charge in [0.15, 0.2) is 5.60 Å². The number of nitrogens with two attached hydrogens (primary N) is 1. The van der Waals surface area contributed by atoms with Crippen LogP contribution in [0.1, 0.15) is 70.3 Å². The Morgan fingerprint density at radius 2 is 1.36 bits per heavy atom. The third kappa shape index (κ3) is 5.97. The van der Waals surface area contributed by atoms with E-state index in [1.807, 2.05) is 18.2 Å². The van der Waals surface area contributed by atoms with Crippen molar-refractivity contribution in [1.29, 1.82) is 0 Å². The number of hydrogen-bond acceptors (Lipinski definition) is 2. The van der Waals surface area contributed by atoms with Gasteiger partial charge < -0.3 is 10.5 Å². The Morgan fingerprint density at radius 1 is 0.696 bits per heavy atom. The smallest absolute Gasteiger partial charge is 0.182 e. The van der Waals surface area contributed by atoms with Crippen molar-refractivity contribution in [2.24, 2.45) is 10.7 Å². The van der Waals surface area contributed by atoms with E-state index in [4.69, 9.17) is 22.0 Å². The van der Waals surface area contributed by atoms with E-state index in [9.17, 15) is 0 Å². The van der Waals surface area contributed by atoms with Gasteiger partial charge in [-0.3, -0.25) is 4.99 Å². The number of benzene rings is 7. The number of nitrogens with zero attached hydrogens (tertiary/aromatic N) is 1. The molecule has 0 amide bonds. The lowest BCUT2D eigenvalue weighted by atomic mass is 9.75. The highest BCUT2D eigenvalue weighted by molar-refractivity contribution is 5.99. The molecule has 2 atom stereocenters. The van der Waals surface area contributed by atoms with E-state index in [2.05, 4.69) is 172 Å². The summed E-state index contributed by atoms with van der Waals surface area (Å²) in [5.41, 5.74) is 20.7. The summed E-state index contributed by atoms with van der Waals surface area (Å²) < 4.78 is 7.33. The Morgan fingerprint density at radius 3 is 2.18 bits per heavy atom. The maximum Gasteiger partial charge on any atom is 0.182 e. The fourth-order valence-corrected chi connectivity index (χ4v) is 8.76. The largest absolute Gasteiger partial charge is 0.473 e. The standard InChI is InChI=1S/C42H34N2O.C11H10/c1-27-32-15-8-11-22-39(32)45-42(36-19-9-6-16-34(36)35-17-7-10-20-37(35)42)38-21-12-18-33(40(27)38)30-23-25-31(26-24-30)41(43)44-28(2)29-13-4-3-5-14-29;1-9-5-4-7-10-6-2-3-8-11(9)10/h3-9,11-19,21-26,28H,1,10,20H2,2H3,(H2,43,44);2-8H,1H3. The zero-order chi connectivity index (χ0) is 38.2. The van der Waals surface area contributed by atoms with Gasteiger partial charge in [-0.2, -0.15) is 0 Å². The van der Waals surface area contributed by atoms with Crippen molar-refractivity contribution in [2.45, 2.75) is 38.3 Å². The predicted molar refractivity (Wildman–Crippen MR) is 234 cm³/mol. The minimum Gasteiger partial charge on any atom is -0.473 e. The molecule has 3 aliphatic rings. The highest BCUT2D eigenvalue weighted by Gasteiger charge is 2.51. The summed E-state index contributed by atoms with van der Waals surface area (Å²) in [6.45, 7) is 8.93. The molecule has 0 radical (unpaired) electrons. The number of allylic oxidation sites excluding steroid dienone is 3. The Balaban J connectivity index is 0.000000320. The summed E-state index contributed by atoms with van der Waals surface area (Å²) >= 11 is 0. The van der Waals surface area contributed by atoms with E-state index in [1.54, 1.807) is 0 Å². The summed E-state index contributed by atoms with van der Waals surface area (Å²) in [6, 6.07) is 57.1. The number of aliphatic imine (C=N–C) groups is 1. The number of amidine groups is 1. The van der Waals surface area contributed by atoms with Crippen LogP contribution in [0.5, 0.6) is 5.75 Å². The maximum atomic E-state index is 7.33. The van der Waals surface area contributed by atoms with Crippen LogP contribution in [0.15, 0.2) is 193 Å². The zero-order valence-corrected chi connectivity index (χ0v) is 31.9. The molecule has 272 valence electrons. The van der Waals surface area contributed by atoms with Crippen LogP contribution in [0.4, 0.5) is 0 Å². The van der Waals surface area contributed by atoms with E-state index in [0.29, 0.717) is 5.84 Å². The predicted octanol–water partition coefficient (Wildman–Crippen LogP) is 12.8. The highest BCUT2D eigenvalue weighted by Crippen LogP contribution is 2.58. The average molecular weight is 725 g/mol. The van der Waals surface area contributed by atoms with Gasteiger partial charge in [-0.25, -0.2) is 0 Å². The second kappa shape index (κ2) is 14.5. The van der Waals surface area contributed by atoms with Gasteiger partial charge in [0.05, 0.1) is 6.04 Å². The number of fused-ring (bicyclic) bond motifs is 8. The number of para-hydroxylation sites is 1. The van der Waals surface area contributed by atoms with E-state index >= 15 is 0 Å². The van der Waals surface area contributed by atoms with Crippen molar-refractivity contribution < 1.29 is 4.74 Å². The van der Waals surface area contributed by atoms with Crippen LogP contribution >= 0.6 is 0 Å². The van der Waals surface area contributed by atoms with Crippen LogP contribution in [-0.2, 0) is 5.60 Å². The molecule has 7 aromatic carbocycles. The van der Waals surface area contributed by atoms with Crippen molar-refractivity contribution in [3.63, 3.8) is 0 Å². The van der Waals surface area contributed by atoms with Crippen molar-refractivity contribution >= 4 is 27.8 Å². The molecule has 10 rings (SSSR count). The molecule has 56 heavy (non-hydrogen) atoms. The molecule has 2 aliphatic carbocycles. The molecule has 3 nitrogen and oxygen atoms in total. The second-order valence-electron chi connectivity index (χ2n) is 14.8. The number of aryl methyl sites for hydroxylation is 1. The van der Waals surface area contributed by atoms with Gasteiger partial charge in [0.2, 0.25) is 0 Å². The molecule has 0 bridgehead atoms. The molecule has 3 heteroatoms. The molecule has 2 N–H and O–H groups in total. The minimum absolute atomic E-state index is 0.0292. The molecule has 1 spiro atoms. The zero-order valence-electron chi connectivity index (χ0n) is 31.9. The van der Waals surface area contributed by atoms with Crippen molar-refractivity contribution in [2.75, 3.05) is 0 Å². The third-order valence-electron chi connectivity index (χ3n) is 11.5. The SMILES string of the molecule is C=C1c2ccccc2OC2(C3=C(C=CCC3)c3ccccc32)c2cccc(-c3ccc(C(N)=NC(C)c4ccccc4)cc3)c21.Cc1cccc2ccccc12. The lowest BCUT2D eigenvalue weighted by Gasteiger charge is -2.36. The Kier molecular flexibility index (Phi) is 9.07. The topological polar surface area (TPSA) is 47.6 Å². The third-order valence-corrected chi connectivity index (χ3v) is 11.5. The van der Waals surface area contributed by atoms with Gasteiger partial charge in [0.1, 0.15) is 11.6 Å². The molecule has 0 aromatic heterocycles.